The van der Waals surface area contributed by atoms with Gasteiger partial charge in [-0.05, 0) is 42.0 Å². The molecule has 0 aromatic heterocycles. The first-order valence-electron chi connectivity index (χ1n) is 12.7. The number of carbonyl (C=O) groups excluding carboxylic acids is 2. The van der Waals surface area contributed by atoms with Gasteiger partial charge in [0.2, 0.25) is 6.79 Å². The van der Waals surface area contributed by atoms with Crippen LogP contribution in [-0.2, 0) is 24.1 Å². The number of carbonyl (C=O) groups is 2. The van der Waals surface area contributed by atoms with Crippen molar-refractivity contribution in [2.45, 2.75) is 25.7 Å². The van der Waals surface area contributed by atoms with E-state index >= 15 is 0 Å². The number of nitrogens with one attached hydrogen (secondary N) is 1. The standard InChI is InChI=1S/C29H22F4N4O4/c30-23-9-8-20(12-22(23)29(31,32)33)37-28(39)21-15-36(11-10-24(21)35-37)14-17-4-6-18(7-5-17)27(38)34-13-19-2-1-3-25-26(19)41-16-40-25/h1-9,12,15H,10-11,13-14,16H2,(H,34,38). The minimum Gasteiger partial charge on any atom is -0.454 e. The Kier molecular flexibility index (Phi) is 6.60. The summed E-state index contributed by atoms with van der Waals surface area (Å²) < 4.78 is 64.0. The molecule has 0 aliphatic carbocycles. The average Bonchev–Trinajstić information content (AvgIpc) is 3.57. The van der Waals surface area contributed by atoms with Crippen LogP contribution in [0.2, 0.25) is 0 Å². The van der Waals surface area contributed by atoms with E-state index in [4.69, 9.17) is 9.47 Å². The molecule has 210 valence electrons. The normalized spacial score (nSPS) is 16.0. The summed E-state index contributed by atoms with van der Waals surface area (Å²) in [5.74, 6) is -0.988. The number of amides is 2. The van der Waals surface area contributed by atoms with Crippen molar-refractivity contribution in [2.75, 3.05) is 18.3 Å². The van der Waals surface area contributed by atoms with Crippen LogP contribution in [0.15, 0.2) is 77.5 Å². The van der Waals surface area contributed by atoms with Gasteiger partial charge in [0.25, 0.3) is 11.8 Å². The number of halogens is 4. The van der Waals surface area contributed by atoms with Gasteiger partial charge in [0.05, 0.1) is 22.5 Å². The number of anilines is 1. The second-order valence-corrected chi connectivity index (χ2v) is 9.62. The SMILES string of the molecule is O=C(NCc1cccc2c1OCO2)c1ccc(CN2C=C3C(=O)N(c4ccc(F)c(C(F)(F)F)c4)N=C3CC2)cc1. The Morgan fingerprint density at radius 2 is 1.85 bits per heavy atom. The zero-order valence-electron chi connectivity index (χ0n) is 21.4. The monoisotopic (exact) mass is 566 g/mol. The number of rotatable bonds is 6. The molecule has 8 nitrogen and oxygen atoms in total. The van der Waals surface area contributed by atoms with Crippen LogP contribution >= 0.6 is 0 Å². The molecule has 0 spiro atoms. The van der Waals surface area contributed by atoms with Crippen LogP contribution in [0.3, 0.4) is 0 Å². The second kappa shape index (κ2) is 10.3. The minimum absolute atomic E-state index is 0.146. The number of fused-ring (bicyclic) bond motifs is 2. The number of nitrogens with zero attached hydrogens (tertiary/aromatic N) is 3. The fraction of sp³-hybridized carbons (Fsp3) is 0.207. The van der Waals surface area contributed by atoms with Crippen molar-refractivity contribution in [1.82, 2.24) is 10.2 Å². The lowest BCUT2D eigenvalue weighted by atomic mass is 10.0. The highest BCUT2D eigenvalue weighted by Gasteiger charge is 2.38. The number of hydrogen-bond donors (Lipinski definition) is 1. The fourth-order valence-corrected chi connectivity index (χ4v) is 4.83. The van der Waals surface area contributed by atoms with Gasteiger partial charge in [-0.1, -0.05) is 24.3 Å². The first-order valence-corrected chi connectivity index (χ1v) is 12.7. The van der Waals surface area contributed by atoms with E-state index in [-0.39, 0.29) is 30.5 Å². The third-order valence-electron chi connectivity index (χ3n) is 6.92. The molecule has 0 atom stereocenters. The maximum atomic E-state index is 13.7. The lowest BCUT2D eigenvalue weighted by Gasteiger charge is -2.25. The highest BCUT2D eigenvalue weighted by molar-refractivity contribution is 6.30. The molecule has 3 aliphatic heterocycles. The lowest BCUT2D eigenvalue weighted by molar-refractivity contribution is -0.140. The van der Waals surface area contributed by atoms with Gasteiger partial charge in [0.15, 0.2) is 11.5 Å². The molecule has 12 heteroatoms. The minimum atomic E-state index is -4.90. The number of ether oxygens (including phenoxy) is 2. The van der Waals surface area contributed by atoms with Crippen LogP contribution in [-0.4, -0.2) is 35.8 Å². The smallest absolute Gasteiger partial charge is 0.419 e. The molecule has 0 fully saturated rings. The Labute approximate surface area is 231 Å². The van der Waals surface area contributed by atoms with Crippen molar-refractivity contribution in [3.63, 3.8) is 0 Å². The molecule has 0 saturated heterocycles. The summed E-state index contributed by atoms with van der Waals surface area (Å²) in [7, 11) is 0. The first-order chi connectivity index (χ1) is 19.7. The van der Waals surface area contributed by atoms with Crippen LogP contribution in [0.25, 0.3) is 0 Å². The summed E-state index contributed by atoms with van der Waals surface area (Å²) >= 11 is 0. The third kappa shape index (κ3) is 5.20. The summed E-state index contributed by atoms with van der Waals surface area (Å²) in [5.41, 5.74) is 1.28. The average molecular weight is 567 g/mol. The van der Waals surface area contributed by atoms with Crippen LogP contribution in [0, 0.1) is 5.82 Å². The zero-order chi connectivity index (χ0) is 28.7. The zero-order valence-corrected chi connectivity index (χ0v) is 21.4. The second-order valence-electron chi connectivity index (χ2n) is 9.62. The van der Waals surface area contributed by atoms with Gasteiger partial charge >= 0.3 is 6.18 Å². The van der Waals surface area contributed by atoms with Gasteiger partial charge in [-0.2, -0.15) is 23.3 Å². The molecule has 3 heterocycles. The predicted octanol–water partition coefficient (Wildman–Crippen LogP) is 5.00. The number of para-hydroxylation sites is 1. The van der Waals surface area contributed by atoms with E-state index in [9.17, 15) is 27.2 Å². The van der Waals surface area contributed by atoms with E-state index < -0.39 is 23.5 Å². The number of benzene rings is 3. The molecular weight excluding hydrogens is 544 g/mol. The summed E-state index contributed by atoms with van der Waals surface area (Å²) in [6, 6.07) is 14.9. The third-order valence-corrected chi connectivity index (χ3v) is 6.92. The molecule has 1 N–H and O–H groups in total. The van der Waals surface area contributed by atoms with Gasteiger partial charge in [0, 0.05) is 43.4 Å². The molecule has 3 aliphatic rings. The topological polar surface area (TPSA) is 83.5 Å². The Balaban J connectivity index is 1.09. The van der Waals surface area contributed by atoms with Gasteiger partial charge in [-0.15, -0.1) is 0 Å². The van der Waals surface area contributed by atoms with E-state index in [1.54, 1.807) is 24.4 Å². The quantitative estimate of drug-likeness (QED) is 0.425. The number of hydrazone groups is 1. The Morgan fingerprint density at radius 1 is 1.05 bits per heavy atom. The molecule has 41 heavy (non-hydrogen) atoms. The predicted molar refractivity (Wildman–Crippen MR) is 140 cm³/mol. The van der Waals surface area contributed by atoms with Gasteiger partial charge in [-0.3, -0.25) is 9.59 Å². The van der Waals surface area contributed by atoms with E-state index in [0.717, 1.165) is 22.2 Å². The molecule has 0 unspecified atom stereocenters. The molecular formula is C29H22F4N4O4. The number of alkyl halides is 3. The fourth-order valence-electron chi connectivity index (χ4n) is 4.83. The molecule has 0 bridgehead atoms. The molecule has 2 amide bonds. The maximum absolute atomic E-state index is 13.7. The Hall–Kier alpha value is -4.87. The summed E-state index contributed by atoms with van der Waals surface area (Å²) in [6.45, 7) is 1.39. The molecule has 3 aromatic rings. The van der Waals surface area contributed by atoms with Gasteiger partial charge in [0.1, 0.15) is 5.82 Å². The lowest BCUT2D eigenvalue weighted by Crippen LogP contribution is -2.29. The summed E-state index contributed by atoms with van der Waals surface area (Å²) in [6.07, 6.45) is -2.87. The van der Waals surface area contributed by atoms with Crippen molar-refractivity contribution >= 4 is 23.2 Å². The highest BCUT2D eigenvalue weighted by atomic mass is 19.4. The van der Waals surface area contributed by atoms with E-state index in [2.05, 4.69) is 10.4 Å². The highest BCUT2D eigenvalue weighted by Crippen LogP contribution is 2.36. The van der Waals surface area contributed by atoms with Crippen LogP contribution in [0.1, 0.15) is 33.5 Å². The van der Waals surface area contributed by atoms with E-state index in [0.29, 0.717) is 54.4 Å². The Morgan fingerprint density at radius 3 is 2.63 bits per heavy atom. The van der Waals surface area contributed by atoms with Crippen LogP contribution < -0.4 is 19.8 Å². The largest absolute Gasteiger partial charge is 0.454 e. The van der Waals surface area contributed by atoms with Gasteiger partial charge in [-0.25, -0.2) is 4.39 Å². The maximum Gasteiger partial charge on any atom is 0.419 e. The first kappa shape index (κ1) is 26.4. The molecule has 0 saturated carbocycles. The summed E-state index contributed by atoms with van der Waals surface area (Å²) in [5, 5.41) is 7.95. The van der Waals surface area contributed by atoms with Crippen molar-refractivity contribution in [3.05, 3.63) is 101 Å². The van der Waals surface area contributed by atoms with E-state index in [1.165, 1.54) is 0 Å². The van der Waals surface area contributed by atoms with E-state index in [1.807, 2.05) is 29.2 Å². The van der Waals surface area contributed by atoms with Crippen molar-refractivity contribution < 1.29 is 36.6 Å². The summed E-state index contributed by atoms with van der Waals surface area (Å²) in [4.78, 5) is 27.6. The van der Waals surface area contributed by atoms with Crippen molar-refractivity contribution in [3.8, 4) is 11.5 Å². The number of hydrogen-bond acceptors (Lipinski definition) is 6. The van der Waals surface area contributed by atoms with Crippen LogP contribution in [0.5, 0.6) is 11.5 Å². The Bertz CT molecular complexity index is 1600. The molecule has 6 rings (SSSR count). The van der Waals surface area contributed by atoms with Crippen molar-refractivity contribution in [2.24, 2.45) is 5.10 Å². The molecule has 3 aromatic carbocycles. The van der Waals surface area contributed by atoms with Gasteiger partial charge < -0.3 is 19.7 Å². The molecule has 0 radical (unpaired) electrons. The van der Waals surface area contributed by atoms with Crippen molar-refractivity contribution in [1.29, 1.82) is 0 Å². The van der Waals surface area contributed by atoms with Crippen LogP contribution in [0.4, 0.5) is 23.2 Å².